The van der Waals surface area contributed by atoms with E-state index in [1.807, 2.05) is 30.3 Å². The van der Waals surface area contributed by atoms with Crippen molar-refractivity contribution in [1.29, 1.82) is 0 Å². The summed E-state index contributed by atoms with van der Waals surface area (Å²) in [5.41, 5.74) is 2.09. The molecular weight excluding hydrogens is 294 g/mol. The molecule has 0 unspecified atom stereocenters. The lowest BCUT2D eigenvalue weighted by molar-refractivity contribution is 0.0502. The normalized spacial score (nSPS) is 19.9. The number of aliphatic hydroxyl groups excluding tert-OH is 1. The first kappa shape index (κ1) is 13.8. The maximum Gasteiger partial charge on any atom is 0.252 e. The zero-order valence-electron chi connectivity index (χ0n) is 12.2. The molecule has 0 fully saturated rings. The number of aliphatic hydroxyl groups is 1. The van der Waals surface area contributed by atoms with Gasteiger partial charge >= 0.3 is 0 Å². The van der Waals surface area contributed by atoms with Crippen LogP contribution in [0.15, 0.2) is 48.7 Å². The van der Waals surface area contributed by atoms with Gasteiger partial charge in [-0.1, -0.05) is 24.3 Å². The fourth-order valence-electron chi connectivity index (χ4n) is 2.91. The van der Waals surface area contributed by atoms with Gasteiger partial charge in [0.15, 0.2) is 0 Å². The van der Waals surface area contributed by atoms with Crippen molar-refractivity contribution >= 4 is 16.8 Å². The van der Waals surface area contributed by atoms with E-state index >= 15 is 0 Å². The molecule has 3 aromatic rings. The molecule has 1 aromatic heterocycles. The monoisotopic (exact) mass is 309 g/mol. The average molecular weight is 309 g/mol. The van der Waals surface area contributed by atoms with Crippen molar-refractivity contribution in [3.05, 3.63) is 59.8 Å². The quantitative estimate of drug-likeness (QED) is 0.673. The van der Waals surface area contributed by atoms with Crippen LogP contribution in [-0.2, 0) is 0 Å². The molecule has 2 heterocycles. The molecule has 6 heteroatoms. The number of ether oxygens (including phenoxy) is 1. The lowest BCUT2D eigenvalue weighted by Crippen LogP contribution is -2.42. The van der Waals surface area contributed by atoms with E-state index in [0.717, 1.165) is 16.5 Å². The number of carbonyl (C=O) groups is 1. The van der Waals surface area contributed by atoms with Crippen molar-refractivity contribution in [2.75, 3.05) is 6.61 Å². The predicted molar refractivity (Wildman–Crippen MR) is 84.2 cm³/mol. The van der Waals surface area contributed by atoms with Gasteiger partial charge in [-0.2, -0.15) is 5.10 Å². The first-order valence-corrected chi connectivity index (χ1v) is 7.37. The molecule has 4 rings (SSSR count). The maximum atomic E-state index is 12.7. The van der Waals surface area contributed by atoms with Gasteiger partial charge in [0, 0.05) is 10.9 Å². The topological polar surface area (TPSA) is 87.2 Å². The number of aromatic nitrogens is 2. The van der Waals surface area contributed by atoms with Gasteiger partial charge in [0.1, 0.15) is 18.5 Å². The number of carbonyl (C=O) groups excluding carboxylic acids is 1. The number of hydrogen-bond donors (Lipinski definition) is 3. The van der Waals surface area contributed by atoms with Gasteiger partial charge in [0.2, 0.25) is 0 Å². The highest BCUT2D eigenvalue weighted by molar-refractivity contribution is 6.06. The molecular formula is C17H15N3O3. The zero-order chi connectivity index (χ0) is 15.8. The van der Waals surface area contributed by atoms with Crippen molar-refractivity contribution in [2.45, 2.75) is 12.1 Å². The number of hydrogen-bond acceptors (Lipinski definition) is 4. The van der Waals surface area contributed by atoms with Crippen LogP contribution in [0.3, 0.4) is 0 Å². The molecule has 0 saturated heterocycles. The molecule has 116 valence electrons. The minimum absolute atomic E-state index is 0.151. The van der Waals surface area contributed by atoms with E-state index in [4.69, 9.17) is 4.74 Å². The number of nitrogens with zero attached hydrogens (tertiary/aromatic N) is 1. The highest BCUT2D eigenvalue weighted by Gasteiger charge is 2.31. The summed E-state index contributed by atoms with van der Waals surface area (Å²) in [6.07, 6.45) is 0.830. The zero-order valence-corrected chi connectivity index (χ0v) is 12.2. The Hall–Kier alpha value is -2.86. The summed E-state index contributed by atoms with van der Waals surface area (Å²) >= 11 is 0. The van der Waals surface area contributed by atoms with E-state index in [0.29, 0.717) is 11.3 Å². The molecule has 2 atom stereocenters. The van der Waals surface area contributed by atoms with Gasteiger partial charge in [0.05, 0.1) is 23.3 Å². The van der Waals surface area contributed by atoms with Crippen LogP contribution in [0.4, 0.5) is 0 Å². The average Bonchev–Trinajstić information content (AvgIpc) is 3.06. The van der Waals surface area contributed by atoms with Crippen LogP contribution in [0, 0.1) is 0 Å². The maximum absolute atomic E-state index is 12.7. The SMILES string of the molecule is O=C(N[C@H]1c2ccccc2OC[C@H]1O)c1cccc2[nH]ncc12. The van der Waals surface area contributed by atoms with Crippen LogP contribution < -0.4 is 10.1 Å². The first-order valence-electron chi connectivity index (χ1n) is 7.37. The predicted octanol–water partition coefficient (Wildman–Crippen LogP) is 1.79. The molecule has 3 N–H and O–H groups in total. The van der Waals surface area contributed by atoms with Gasteiger partial charge in [-0.25, -0.2) is 0 Å². The van der Waals surface area contributed by atoms with Crippen molar-refractivity contribution in [3.63, 3.8) is 0 Å². The molecule has 6 nitrogen and oxygen atoms in total. The summed E-state index contributed by atoms with van der Waals surface area (Å²) in [4.78, 5) is 12.7. The van der Waals surface area contributed by atoms with Gasteiger partial charge in [0.25, 0.3) is 5.91 Å². The number of H-pyrrole nitrogens is 1. The van der Waals surface area contributed by atoms with Crippen molar-refractivity contribution in [3.8, 4) is 5.75 Å². The molecule has 0 aliphatic carbocycles. The number of para-hydroxylation sites is 1. The van der Waals surface area contributed by atoms with E-state index in [2.05, 4.69) is 15.5 Å². The van der Waals surface area contributed by atoms with Crippen molar-refractivity contribution < 1.29 is 14.6 Å². The van der Waals surface area contributed by atoms with Crippen molar-refractivity contribution in [2.24, 2.45) is 0 Å². The molecule has 1 amide bonds. The van der Waals surface area contributed by atoms with E-state index in [9.17, 15) is 9.90 Å². The Morgan fingerprint density at radius 2 is 2.13 bits per heavy atom. The van der Waals surface area contributed by atoms with Crippen LogP contribution in [0.5, 0.6) is 5.75 Å². The molecule has 23 heavy (non-hydrogen) atoms. The summed E-state index contributed by atoms with van der Waals surface area (Å²) in [6.45, 7) is 0.151. The Morgan fingerprint density at radius 1 is 1.26 bits per heavy atom. The summed E-state index contributed by atoms with van der Waals surface area (Å²) in [5.74, 6) is 0.433. The smallest absolute Gasteiger partial charge is 0.252 e. The minimum atomic E-state index is -0.794. The second-order valence-corrected chi connectivity index (χ2v) is 5.50. The molecule has 0 radical (unpaired) electrons. The fourth-order valence-corrected chi connectivity index (χ4v) is 2.91. The fraction of sp³-hybridized carbons (Fsp3) is 0.176. The Morgan fingerprint density at radius 3 is 3.04 bits per heavy atom. The number of fused-ring (bicyclic) bond motifs is 2. The molecule has 0 bridgehead atoms. The summed E-state index contributed by atoms with van der Waals surface area (Å²) < 4.78 is 5.49. The Bertz CT molecular complexity index is 874. The summed E-state index contributed by atoms with van der Waals surface area (Å²) in [6, 6.07) is 12.3. The Labute approximate surface area is 132 Å². The Balaban J connectivity index is 1.68. The standard InChI is InChI=1S/C17H15N3O3/c21-14-9-23-15-7-2-1-4-11(15)16(14)19-17(22)10-5-3-6-13-12(10)8-18-20-13/h1-8,14,16,21H,9H2,(H,18,20)(H,19,22)/t14-,16+/m1/s1. The molecule has 1 aliphatic rings. The Kier molecular flexibility index (Phi) is 3.24. The highest BCUT2D eigenvalue weighted by Crippen LogP contribution is 2.32. The largest absolute Gasteiger partial charge is 0.490 e. The number of nitrogens with one attached hydrogen (secondary N) is 2. The third-order valence-corrected chi connectivity index (χ3v) is 4.06. The van der Waals surface area contributed by atoms with Gasteiger partial charge in [-0.05, 0) is 18.2 Å². The second kappa shape index (κ2) is 5.40. The lowest BCUT2D eigenvalue weighted by Gasteiger charge is -2.31. The van der Waals surface area contributed by atoms with E-state index in [1.54, 1.807) is 18.3 Å². The second-order valence-electron chi connectivity index (χ2n) is 5.50. The van der Waals surface area contributed by atoms with Crippen LogP contribution in [0.1, 0.15) is 22.0 Å². The summed E-state index contributed by atoms with van der Waals surface area (Å²) in [5, 5.41) is 20.7. The van der Waals surface area contributed by atoms with Crippen LogP contribution in [0.2, 0.25) is 0 Å². The number of amides is 1. The van der Waals surface area contributed by atoms with Crippen LogP contribution in [0.25, 0.3) is 10.9 Å². The van der Waals surface area contributed by atoms with Crippen LogP contribution >= 0.6 is 0 Å². The number of aromatic amines is 1. The third kappa shape index (κ3) is 2.33. The lowest BCUT2D eigenvalue weighted by atomic mass is 9.97. The highest BCUT2D eigenvalue weighted by atomic mass is 16.5. The van der Waals surface area contributed by atoms with Crippen molar-refractivity contribution in [1.82, 2.24) is 15.5 Å². The summed E-state index contributed by atoms with van der Waals surface area (Å²) in [7, 11) is 0. The van der Waals surface area contributed by atoms with Crippen LogP contribution in [-0.4, -0.2) is 33.9 Å². The molecule has 0 saturated carbocycles. The third-order valence-electron chi connectivity index (χ3n) is 4.06. The minimum Gasteiger partial charge on any atom is -0.490 e. The van der Waals surface area contributed by atoms with Gasteiger partial charge < -0.3 is 15.2 Å². The number of rotatable bonds is 2. The molecule has 1 aliphatic heterocycles. The number of benzene rings is 2. The molecule has 0 spiro atoms. The first-order chi connectivity index (χ1) is 11.2. The van der Waals surface area contributed by atoms with E-state index < -0.39 is 12.1 Å². The van der Waals surface area contributed by atoms with Gasteiger partial charge in [-0.3, -0.25) is 9.89 Å². The van der Waals surface area contributed by atoms with E-state index in [-0.39, 0.29) is 12.5 Å². The van der Waals surface area contributed by atoms with E-state index in [1.165, 1.54) is 0 Å². The molecule has 2 aromatic carbocycles. The van der Waals surface area contributed by atoms with Gasteiger partial charge in [-0.15, -0.1) is 0 Å².